The number of carboxylic acid groups (broad SMARTS) is 1. The van der Waals surface area contributed by atoms with E-state index in [1.54, 1.807) is 0 Å². The van der Waals surface area contributed by atoms with Gasteiger partial charge >= 0.3 is 5.97 Å². The molecule has 4 nitrogen and oxygen atoms in total. The Hall–Kier alpha value is -1.06. The molecule has 6 aliphatic rings. The average Bonchev–Trinajstić information content (AvgIpc) is 2.04. The standard InChI is InChI=1S/C7H11NO.C7H10O2.2CH4/c2*1-6-2-7(3-6,4-6)5(8)9;;/h2-4H2,1H3,(H2,8,9);2-4H2,1H3,(H,8,9);2*1H4. The Morgan fingerprint density at radius 2 is 1.15 bits per heavy atom. The van der Waals surface area contributed by atoms with Gasteiger partial charge in [0, 0.05) is 0 Å². The van der Waals surface area contributed by atoms with E-state index in [1.165, 1.54) is 0 Å². The molecule has 0 aliphatic heterocycles. The zero-order valence-electron chi connectivity index (χ0n) is 11.1. The van der Waals surface area contributed by atoms with E-state index in [1.807, 2.05) is 0 Å². The van der Waals surface area contributed by atoms with Crippen LogP contribution in [0.3, 0.4) is 0 Å². The van der Waals surface area contributed by atoms with Crippen molar-refractivity contribution in [2.24, 2.45) is 27.4 Å². The van der Waals surface area contributed by atoms with Crippen molar-refractivity contribution in [3.05, 3.63) is 0 Å². The van der Waals surface area contributed by atoms with E-state index in [4.69, 9.17) is 10.8 Å². The SMILES string of the molecule is C.C.CC12CC(C(=O)O)(C1)C2.CC12CC(C(N)=O)(C1)C2. The second kappa shape index (κ2) is 4.22. The van der Waals surface area contributed by atoms with Gasteiger partial charge in [-0.1, -0.05) is 28.7 Å². The molecular weight excluding hydrogens is 254 g/mol. The Bertz CT molecular complexity index is 373. The van der Waals surface area contributed by atoms with Crippen LogP contribution in [0.5, 0.6) is 0 Å². The van der Waals surface area contributed by atoms with Crippen LogP contribution in [-0.4, -0.2) is 17.0 Å². The third kappa shape index (κ3) is 1.95. The third-order valence-electron chi connectivity index (χ3n) is 5.57. The van der Waals surface area contributed by atoms with E-state index in [-0.39, 0.29) is 31.6 Å². The highest BCUT2D eigenvalue weighted by Gasteiger charge is 2.69. The molecule has 0 spiro atoms. The predicted octanol–water partition coefficient (Wildman–Crippen LogP) is 3.20. The summed E-state index contributed by atoms with van der Waals surface area (Å²) in [5.41, 5.74) is 5.84. The molecule has 3 N–H and O–H groups in total. The van der Waals surface area contributed by atoms with Gasteiger partial charge < -0.3 is 10.8 Å². The van der Waals surface area contributed by atoms with Crippen LogP contribution < -0.4 is 5.73 Å². The normalized spacial score (nSPS) is 48.1. The second-order valence-electron chi connectivity index (χ2n) is 7.91. The van der Waals surface area contributed by atoms with E-state index in [9.17, 15) is 9.59 Å². The quantitative estimate of drug-likeness (QED) is 0.816. The number of primary amides is 1. The summed E-state index contributed by atoms with van der Waals surface area (Å²) in [4.78, 5) is 21.2. The van der Waals surface area contributed by atoms with E-state index < -0.39 is 5.97 Å². The summed E-state index contributed by atoms with van der Waals surface area (Å²) in [6.07, 6.45) is 5.93. The molecule has 0 unspecified atom stereocenters. The molecule has 0 aromatic heterocycles. The van der Waals surface area contributed by atoms with Crippen molar-refractivity contribution in [2.75, 3.05) is 0 Å². The number of carboxylic acids is 1. The summed E-state index contributed by atoms with van der Waals surface area (Å²) in [5, 5.41) is 8.64. The first kappa shape index (κ1) is 17.0. The van der Waals surface area contributed by atoms with Crippen molar-refractivity contribution >= 4 is 11.9 Å². The third-order valence-corrected chi connectivity index (χ3v) is 5.57. The van der Waals surface area contributed by atoms with Gasteiger partial charge in [-0.25, -0.2) is 0 Å². The number of carbonyl (C=O) groups excluding carboxylic acids is 1. The Morgan fingerprint density at radius 1 is 0.850 bits per heavy atom. The number of nitrogens with two attached hydrogens (primary N) is 1. The number of aliphatic carboxylic acids is 1. The fourth-order valence-corrected chi connectivity index (χ4v) is 5.08. The average molecular weight is 283 g/mol. The summed E-state index contributed by atoms with van der Waals surface area (Å²) >= 11 is 0. The lowest BCUT2D eigenvalue weighted by atomic mass is 9.36. The zero-order valence-corrected chi connectivity index (χ0v) is 11.1. The number of amides is 1. The second-order valence-corrected chi connectivity index (χ2v) is 7.91. The molecule has 1 amide bonds. The van der Waals surface area contributed by atoms with Crippen LogP contribution >= 0.6 is 0 Å². The fourth-order valence-electron chi connectivity index (χ4n) is 5.08. The van der Waals surface area contributed by atoms with E-state index in [0.717, 1.165) is 38.5 Å². The maximum Gasteiger partial charge on any atom is 0.309 e. The highest BCUT2D eigenvalue weighted by atomic mass is 16.4. The number of hydrogen-bond acceptors (Lipinski definition) is 2. The van der Waals surface area contributed by atoms with Crippen molar-refractivity contribution in [1.29, 1.82) is 0 Å². The number of hydrogen-bond donors (Lipinski definition) is 2. The first-order chi connectivity index (χ1) is 8.13. The van der Waals surface area contributed by atoms with E-state index in [0.29, 0.717) is 10.8 Å². The molecule has 6 saturated carbocycles. The maximum atomic E-state index is 10.7. The molecule has 4 bridgehead atoms. The zero-order chi connectivity index (χ0) is 13.4. The minimum Gasteiger partial charge on any atom is -0.481 e. The summed E-state index contributed by atoms with van der Waals surface area (Å²) in [6, 6.07) is 0. The summed E-state index contributed by atoms with van der Waals surface area (Å²) in [6.45, 7) is 4.38. The van der Waals surface area contributed by atoms with Crippen LogP contribution in [0.25, 0.3) is 0 Å². The molecule has 0 aromatic carbocycles. The molecule has 20 heavy (non-hydrogen) atoms. The smallest absolute Gasteiger partial charge is 0.309 e. The highest BCUT2D eigenvalue weighted by molar-refractivity contribution is 5.84. The van der Waals surface area contributed by atoms with Gasteiger partial charge in [-0.15, -0.1) is 0 Å². The Labute approximate surface area is 122 Å². The monoisotopic (exact) mass is 283 g/mol. The maximum absolute atomic E-state index is 10.7. The van der Waals surface area contributed by atoms with Crippen molar-refractivity contribution in [3.8, 4) is 0 Å². The fraction of sp³-hybridized carbons (Fsp3) is 0.875. The van der Waals surface area contributed by atoms with Crippen molar-refractivity contribution in [3.63, 3.8) is 0 Å². The van der Waals surface area contributed by atoms with Crippen LogP contribution in [0.4, 0.5) is 0 Å². The molecule has 0 saturated heterocycles. The number of rotatable bonds is 2. The van der Waals surface area contributed by atoms with Gasteiger partial charge in [-0.3, -0.25) is 9.59 Å². The van der Waals surface area contributed by atoms with Gasteiger partial charge in [0.05, 0.1) is 10.8 Å². The first-order valence-electron chi connectivity index (χ1n) is 6.66. The lowest BCUT2D eigenvalue weighted by Gasteiger charge is -2.67. The molecule has 0 aromatic rings. The summed E-state index contributed by atoms with van der Waals surface area (Å²) in [5.74, 6) is -0.655. The molecule has 0 heterocycles. The van der Waals surface area contributed by atoms with Crippen molar-refractivity contribution in [1.82, 2.24) is 0 Å². The summed E-state index contributed by atoms with van der Waals surface area (Å²) in [7, 11) is 0. The Balaban J connectivity index is 0.000000182. The van der Waals surface area contributed by atoms with Gasteiger partial charge in [0.15, 0.2) is 0 Å². The predicted molar refractivity (Wildman–Crippen MR) is 79.1 cm³/mol. The lowest BCUT2D eigenvalue weighted by molar-refractivity contribution is -0.215. The van der Waals surface area contributed by atoms with Crippen LogP contribution in [0.15, 0.2) is 0 Å². The van der Waals surface area contributed by atoms with E-state index in [2.05, 4.69) is 13.8 Å². The Kier molecular flexibility index (Phi) is 3.58. The van der Waals surface area contributed by atoms with Crippen LogP contribution in [0.1, 0.15) is 67.2 Å². The minimum atomic E-state index is -0.578. The van der Waals surface area contributed by atoms with Crippen LogP contribution in [0.2, 0.25) is 0 Å². The first-order valence-corrected chi connectivity index (χ1v) is 6.66. The highest BCUT2D eigenvalue weighted by Crippen LogP contribution is 2.73. The van der Waals surface area contributed by atoms with E-state index >= 15 is 0 Å². The topological polar surface area (TPSA) is 80.4 Å². The van der Waals surface area contributed by atoms with Gasteiger partial charge in [-0.05, 0) is 49.4 Å². The number of carbonyl (C=O) groups is 2. The van der Waals surface area contributed by atoms with Gasteiger partial charge in [0.2, 0.25) is 5.91 Å². The largest absolute Gasteiger partial charge is 0.481 e. The van der Waals surface area contributed by atoms with Gasteiger partial charge in [0.25, 0.3) is 0 Å². The molecule has 6 aliphatic carbocycles. The summed E-state index contributed by atoms with van der Waals surface area (Å²) < 4.78 is 0. The molecular formula is C16H29NO3. The molecule has 4 heteroatoms. The van der Waals surface area contributed by atoms with Crippen LogP contribution in [-0.2, 0) is 9.59 Å². The Morgan fingerprint density at radius 3 is 1.25 bits per heavy atom. The molecule has 0 atom stereocenters. The minimum absolute atomic E-state index is 0. The van der Waals surface area contributed by atoms with Gasteiger partial charge in [0.1, 0.15) is 0 Å². The molecule has 6 fully saturated rings. The molecule has 116 valence electrons. The molecule has 0 radical (unpaired) electrons. The van der Waals surface area contributed by atoms with Crippen LogP contribution in [0, 0.1) is 21.7 Å². The molecule has 6 rings (SSSR count). The van der Waals surface area contributed by atoms with Gasteiger partial charge in [-0.2, -0.15) is 0 Å². The van der Waals surface area contributed by atoms with Crippen molar-refractivity contribution < 1.29 is 14.7 Å². The van der Waals surface area contributed by atoms with Crippen molar-refractivity contribution in [2.45, 2.75) is 67.2 Å². The lowest BCUT2D eigenvalue weighted by Crippen LogP contribution is -2.65.